The third-order valence-corrected chi connectivity index (χ3v) is 0. The maximum absolute atomic E-state index is 7.57. The van der Waals surface area contributed by atoms with Crippen LogP contribution in [0.3, 0.4) is 0 Å². The second-order valence-corrected chi connectivity index (χ2v) is 0.316. The van der Waals surface area contributed by atoms with Gasteiger partial charge in [-0.1, -0.05) is 0 Å². The molecule has 0 bridgehead atoms. The summed E-state index contributed by atoms with van der Waals surface area (Å²) in [6, 6.07) is 0. The van der Waals surface area contributed by atoms with Crippen LogP contribution < -0.4 is 0 Å². The van der Waals surface area contributed by atoms with Gasteiger partial charge in [-0.2, -0.15) is 0 Å². The molecule has 0 fully saturated rings. The van der Waals surface area contributed by atoms with Gasteiger partial charge in [0.1, 0.15) is 0 Å². The zero-order valence-electron chi connectivity index (χ0n) is 5.86. The Morgan fingerprint density at radius 2 is 0.800 bits per heavy atom. The Morgan fingerprint density at radius 3 is 0.800 bits per heavy atom. The summed E-state index contributed by atoms with van der Waals surface area (Å²) >= 11 is 0. The normalized spacial score (nSPS) is 1.80. The van der Waals surface area contributed by atoms with Gasteiger partial charge in [-0.3, -0.25) is 0 Å². The largest absolute Gasteiger partial charge is 2.00 e. The molecule has 0 saturated heterocycles. The smallest absolute Gasteiger partial charge is 0.412 e. The van der Waals surface area contributed by atoms with Gasteiger partial charge in [-0.25, -0.2) is 0 Å². The van der Waals surface area contributed by atoms with E-state index >= 15 is 0 Å². The van der Waals surface area contributed by atoms with E-state index in [1.165, 1.54) is 0 Å². The van der Waals surface area contributed by atoms with Gasteiger partial charge < -0.3 is 38.0 Å². The zero-order chi connectivity index (χ0) is 2.71. The van der Waals surface area contributed by atoms with E-state index in [0.717, 1.165) is 0 Å². The SMILES string of the molecule is CCO.O.O.O.O.O.O.[Ca+2]. The molecule has 0 unspecified atom stereocenters. The van der Waals surface area contributed by atoms with Crippen molar-refractivity contribution in [3.8, 4) is 0 Å². The average Bonchev–Trinajstić information content (AvgIpc) is 0.918. The third kappa shape index (κ3) is 596. The molecule has 0 heterocycles. The molecule has 0 aromatic rings. The second-order valence-electron chi connectivity index (χ2n) is 0.316. The molecule has 13 N–H and O–H groups in total. The van der Waals surface area contributed by atoms with Gasteiger partial charge in [0.15, 0.2) is 0 Å². The van der Waals surface area contributed by atoms with E-state index in [1.807, 2.05) is 0 Å². The number of aliphatic hydroxyl groups excluding tert-OH is 1. The topological polar surface area (TPSA) is 209 Å². The summed E-state index contributed by atoms with van der Waals surface area (Å²) in [5.74, 6) is 0. The van der Waals surface area contributed by atoms with Crippen LogP contribution >= 0.6 is 0 Å². The van der Waals surface area contributed by atoms with E-state index in [2.05, 4.69) is 0 Å². The van der Waals surface area contributed by atoms with Crippen LogP contribution in [0.2, 0.25) is 0 Å². The summed E-state index contributed by atoms with van der Waals surface area (Å²) < 4.78 is 0. The Labute approximate surface area is 88.9 Å². The summed E-state index contributed by atoms with van der Waals surface area (Å²) in [6.45, 7) is 1.93. The van der Waals surface area contributed by atoms with Gasteiger partial charge in [0.25, 0.3) is 0 Å². The van der Waals surface area contributed by atoms with Crippen LogP contribution in [0.15, 0.2) is 0 Å². The standard InChI is InChI=1S/C2H6O.Ca.6H2O/c1-2-3;;;;;;;/h3H,2H2,1H3;;6*1H2/q;+2;;;;;;. The molecule has 0 saturated carbocycles. The van der Waals surface area contributed by atoms with Gasteiger partial charge in [-0.05, 0) is 6.92 Å². The van der Waals surface area contributed by atoms with Gasteiger partial charge >= 0.3 is 37.7 Å². The van der Waals surface area contributed by atoms with Crippen LogP contribution in [0.4, 0.5) is 0 Å². The average molecular weight is 194 g/mol. The predicted molar refractivity (Wildman–Crippen MR) is 40.2 cm³/mol. The summed E-state index contributed by atoms with van der Waals surface area (Å²) in [5, 5.41) is 7.57. The molecule has 68 valence electrons. The molecule has 0 aliphatic rings. The first-order chi connectivity index (χ1) is 1.41. The Balaban J connectivity index is -0.000000000952. The van der Waals surface area contributed by atoms with Crippen molar-refractivity contribution in [1.29, 1.82) is 0 Å². The number of hydrogen-bond donors (Lipinski definition) is 1. The summed E-state index contributed by atoms with van der Waals surface area (Å²) in [5.41, 5.74) is 0. The quantitative estimate of drug-likeness (QED) is 0.367. The van der Waals surface area contributed by atoms with Crippen molar-refractivity contribution < 1.29 is 38.0 Å². The fourth-order valence-corrected chi connectivity index (χ4v) is 0. The van der Waals surface area contributed by atoms with E-state index in [-0.39, 0.29) is 77.2 Å². The van der Waals surface area contributed by atoms with Crippen molar-refractivity contribution in [1.82, 2.24) is 0 Å². The van der Waals surface area contributed by atoms with Crippen molar-refractivity contribution in [3.05, 3.63) is 0 Å². The summed E-state index contributed by atoms with van der Waals surface area (Å²) in [4.78, 5) is 0. The molecule has 10 heavy (non-hydrogen) atoms. The predicted octanol–water partition coefficient (Wildman–Crippen LogP) is -5.33. The van der Waals surface area contributed by atoms with Gasteiger partial charge in [0.2, 0.25) is 0 Å². The fraction of sp³-hybridized carbons (Fsp3) is 1.00. The van der Waals surface area contributed by atoms with Gasteiger partial charge in [0, 0.05) is 6.61 Å². The van der Waals surface area contributed by atoms with E-state index < -0.39 is 0 Å². The van der Waals surface area contributed by atoms with Crippen molar-refractivity contribution >= 4 is 37.7 Å². The first-order valence-corrected chi connectivity index (χ1v) is 1.02. The Morgan fingerprint density at radius 1 is 0.800 bits per heavy atom. The van der Waals surface area contributed by atoms with E-state index in [4.69, 9.17) is 5.11 Å². The van der Waals surface area contributed by atoms with Crippen molar-refractivity contribution in [2.24, 2.45) is 0 Å². The molecule has 0 aromatic heterocycles. The number of hydrogen-bond acceptors (Lipinski definition) is 1. The van der Waals surface area contributed by atoms with Gasteiger partial charge in [0.05, 0.1) is 0 Å². The van der Waals surface area contributed by atoms with Gasteiger partial charge in [-0.15, -0.1) is 0 Å². The minimum atomic E-state index is 0. The van der Waals surface area contributed by atoms with Crippen LogP contribution in [0.5, 0.6) is 0 Å². The minimum Gasteiger partial charge on any atom is -0.412 e. The monoisotopic (exact) mass is 194 g/mol. The van der Waals surface area contributed by atoms with Crippen LogP contribution in [-0.2, 0) is 0 Å². The van der Waals surface area contributed by atoms with E-state index in [1.54, 1.807) is 6.92 Å². The molecular weight excluding hydrogens is 176 g/mol. The summed E-state index contributed by atoms with van der Waals surface area (Å²) in [7, 11) is 0. The molecule has 0 aliphatic heterocycles. The van der Waals surface area contributed by atoms with Crippen LogP contribution in [0.25, 0.3) is 0 Å². The second kappa shape index (κ2) is 205. The van der Waals surface area contributed by atoms with Crippen LogP contribution in [-0.4, -0.2) is 82.3 Å². The molecule has 0 rings (SSSR count). The van der Waals surface area contributed by atoms with Crippen LogP contribution in [0.1, 0.15) is 6.92 Å². The summed E-state index contributed by atoms with van der Waals surface area (Å²) in [6.07, 6.45) is 0. The zero-order valence-corrected chi connectivity index (χ0v) is 8.07. The maximum Gasteiger partial charge on any atom is 2.00 e. The molecule has 0 radical (unpaired) electrons. The molecule has 0 atom stereocenters. The molecule has 7 nitrogen and oxygen atoms in total. The van der Waals surface area contributed by atoms with E-state index in [9.17, 15) is 0 Å². The maximum atomic E-state index is 7.57. The van der Waals surface area contributed by atoms with Crippen LogP contribution in [0, 0.1) is 0 Å². The molecule has 0 aliphatic carbocycles. The number of aliphatic hydroxyl groups is 1. The first kappa shape index (κ1) is 123. The Kier molecular flexibility index (Phi) is 2530. The third-order valence-electron chi connectivity index (χ3n) is 0. The first-order valence-electron chi connectivity index (χ1n) is 1.02. The van der Waals surface area contributed by atoms with E-state index in [0.29, 0.717) is 0 Å². The van der Waals surface area contributed by atoms with Crippen molar-refractivity contribution in [2.75, 3.05) is 6.61 Å². The fourth-order valence-electron chi connectivity index (χ4n) is 0. The van der Waals surface area contributed by atoms with Crippen molar-refractivity contribution in [2.45, 2.75) is 6.92 Å². The minimum absolute atomic E-state index is 0. The Bertz CT molecular complexity index is 11.6. The number of rotatable bonds is 0. The molecule has 0 amide bonds. The molecule has 8 heteroatoms. The molecule has 0 spiro atoms. The Hall–Kier alpha value is 0.980. The molecule has 0 aromatic carbocycles. The molecular formula is C2H18CaO7+2. The van der Waals surface area contributed by atoms with Crippen molar-refractivity contribution in [3.63, 3.8) is 0 Å².